The van der Waals surface area contributed by atoms with Crippen molar-refractivity contribution in [1.82, 2.24) is 0 Å². The van der Waals surface area contributed by atoms with Gasteiger partial charge in [-0.15, -0.1) is 0 Å². The van der Waals surface area contributed by atoms with Gasteiger partial charge in [0.05, 0.1) is 13.0 Å². The number of halogens is 5. The fourth-order valence-electron chi connectivity index (χ4n) is 2.07. The van der Waals surface area contributed by atoms with Crippen molar-refractivity contribution in [2.24, 2.45) is 0 Å². The number of rotatable bonds is 3. The SMILES string of the molecule is COc1ccc(Cl)c(C(c2ccc(Cl)cc2)C(Cl)(Cl)Cl)c1. The highest BCUT2D eigenvalue weighted by atomic mass is 35.6. The maximum atomic E-state index is 6.28. The van der Waals surface area contributed by atoms with Gasteiger partial charge in [0, 0.05) is 10.0 Å². The van der Waals surface area contributed by atoms with Crippen LogP contribution >= 0.6 is 58.0 Å². The van der Waals surface area contributed by atoms with E-state index in [2.05, 4.69) is 0 Å². The molecule has 2 aromatic carbocycles. The predicted molar refractivity (Wildman–Crippen MR) is 91.6 cm³/mol. The molecule has 0 fully saturated rings. The number of benzene rings is 2. The molecule has 6 heteroatoms. The van der Waals surface area contributed by atoms with Crippen LogP contribution < -0.4 is 4.74 Å². The first-order valence-electron chi connectivity index (χ1n) is 5.98. The fourth-order valence-corrected chi connectivity index (χ4v) is 3.15. The number of ether oxygens (including phenoxy) is 1. The van der Waals surface area contributed by atoms with Crippen LogP contribution in [0.4, 0.5) is 0 Å². The Labute approximate surface area is 148 Å². The van der Waals surface area contributed by atoms with Crippen molar-refractivity contribution in [1.29, 1.82) is 0 Å². The number of alkyl halides is 3. The zero-order chi connectivity index (χ0) is 15.6. The quantitative estimate of drug-likeness (QED) is 0.549. The van der Waals surface area contributed by atoms with E-state index in [0.29, 0.717) is 21.4 Å². The molecule has 0 radical (unpaired) electrons. The maximum Gasteiger partial charge on any atom is 0.201 e. The van der Waals surface area contributed by atoms with Crippen LogP contribution in [0.15, 0.2) is 42.5 Å². The van der Waals surface area contributed by atoms with Crippen molar-refractivity contribution in [3.05, 3.63) is 63.6 Å². The second-order valence-corrected chi connectivity index (χ2v) is 7.63. The Bertz CT molecular complexity index is 619. The van der Waals surface area contributed by atoms with Crippen LogP contribution in [0.3, 0.4) is 0 Å². The summed E-state index contributed by atoms with van der Waals surface area (Å²) in [4.78, 5) is 0. The van der Waals surface area contributed by atoms with Crippen LogP contribution in [0.25, 0.3) is 0 Å². The van der Waals surface area contributed by atoms with Crippen LogP contribution in [0.5, 0.6) is 5.75 Å². The average molecular weight is 385 g/mol. The van der Waals surface area contributed by atoms with Crippen molar-refractivity contribution in [3.8, 4) is 5.75 Å². The third-order valence-corrected chi connectivity index (χ3v) is 4.30. The molecule has 1 nitrogen and oxygen atoms in total. The molecule has 112 valence electrons. The zero-order valence-corrected chi connectivity index (χ0v) is 14.7. The summed E-state index contributed by atoms with van der Waals surface area (Å²) in [6.45, 7) is 0. The smallest absolute Gasteiger partial charge is 0.201 e. The van der Waals surface area contributed by atoms with Crippen molar-refractivity contribution >= 4 is 58.0 Å². The van der Waals surface area contributed by atoms with E-state index in [1.165, 1.54) is 0 Å². The van der Waals surface area contributed by atoms with Crippen molar-refractivity contribution < 1.29 is 4.74 Å². The lowest BCUT2D eigenvalue weighted by molar-refractivity contribution is 0.414. The topological polar surface area (TPSA) is 9.23 Å². The molecule has 0 saturated carbocycles. The van der Waals surface area contributed by atoms with Crippen molar-refractivity contribution in [3.63, 3.8) is 0 Å². The maximum absolute atomic E-state index is 6.28. The summed E-state index contributed by atoms with van der Waals surface area (Å²) in [5, 5.41) is 1.11. The lowest BCUT2D eigenvalue weighted by Gasteiger charge is -2.26. The molecular weight excluding hydrogens is 373 g/mol. The Morgan fingerprint density at radius 3 is 2.10 bits per heavy atom. The first-order valence-corrected chi connectivity index (χ1v) is 7.87. The molecule has 0 aliphatic rings. The second-order valence-electron chi connectivity index (χ2n) is 4.41. The fraction of sp³-hybridized carbons (Fsp3) is 0.200. The summed E-state index contributed by atoms with van der Waals surface area (Å²) in [6, 6.07) is 12.3. The highest BCUT2D eigenvalue weighted by Gasteiger charge is 2.36. The largest absolute Gasteiger partial charge is 0.497 e. The van der Waals surface area contributed by atoms with Gasteiger partial charge in [-0.05, 0) is 41.5 Å². The van der Waals surface area contributed by atoms with Crippen LogP contribution in [0.1, 0.15) is 17.0 Å². The zero-order valence-electron chi connectivity index (χ0n) is 10.9. The van der Waals surface area contributed by atoms with Crippen LogP contribution in [0.2, 0.25) is 10.0 Å². The number of hydrogen-bond donors (Lipinski definition) is 0. The van der Waals surface area contributed by atoms with Gasteiger partial charge in [-0.25, -0.2) is 0 Å². The molecule has 2 rings (SSSR count). The monoisotopic (exact) mass is 382 g/mol. The summed E-state index contributed by atoms with van der Waals surface area (Å²) in [6.07, 6.45) is 0. The van der Waals surface area contributed by atoms with E-state index in [1.807, 2.05) is 12.1 Å². The molecule has 0 aliphatic heterocycles. The molecule has 1 atom stereocenters. The first-order chi connectivity index (χ1) is 9.82. The van der Waals surface area contributed by atoms with Gasteiger partial charge in [0.15, 0.2) is 0 Å². The normalized spacial score (nSPS) is 13.0. The summed E-state index contributed by atoms with van der Waals surface area (Å²) in [5.41, 5.74) is 1.48. The average Bonchev–Trinajstić information content (AvgIpc) is 2.42. The van der Waals surface area contributed by atoms with Gasteiger partial charge in [0.2, 0.25) is 3.79 Å². The van der Waals surface area contributed by atoms with Crippen LogP contribution in [-0.2, 0) is 0 Å². The molecule has 0 amide bonds. The molecule has 1 unspecified atom stereocenters. The summed E-state index contributed by atoms with van der Waals surface area (Å²) in [5.74, 6) is 0.102. The summed E-state index contributed by atoms with van der Waals surface area (Å²) < 4.78 is 3.65. The van der Waals surface area contributed by atoms with E-state index >= 15 is 0 Å². The predicted octanol–water partition coefficient (Wildman–Crippen LogP) is 6.50. The van der Waals surface area contributed by atoms with Gasteiger partial charge < -0.3 is 4.74 Å². The molecule has 0 saturated heterocycles. The number of methoxy groups -OCH3 is 1. The summed E-state index contributed by atoms with van der Waals surface area (Å²) >= 11 is 30.7. The molecule has 0 heterocycles. The van der Waals surface area contributed by atoms with Gasteiger partial charge in [0.25, 0.3) is 0 Å². The van der Waals surface area contributed by atoms with Gasteiger partial charge in [-0.2, -0.15) is 0 Å². The second kappa shape index (κ2) is 6.85. The van der Waals surface area contributed by atoms with Gasteiger partial charge >= 0.3 is 0 Å². The Morgan fingerprint density at radius 2 is 1.57 bits per heavy atom. The number of hydrogen-bond acceptors (Lipinski definition) is 1. The van der Waals surface area contributed by atoms with E-state index in [1.54, 1.807) is 37.4 Å². The van der Waals surface area contributed by atoms with E-state index in [0.717, 1.165) is 5.56 Å². The highest BCUT2D eigenvalue weighted by Crippen LogP contribution is 2.48. The molecule has 0 spiro atoms. The first kappa shape index (κ1) is 17.1. The van der Waals surface area contributed by atoms with E-state index in [4.69, 9.17) is 62.7 Å². The lowest BCUT2D eigenvalue weighted by atomic mass is 9.92. The third kappa shape index (κ3) is 4.12. The van der Waals surface area contributed by atoms with Gasteiger partial charge in [0.1, 0.15) is 5.75 Å². The molecule has 2 aromatic rings. The Hall–Kier alpha value is -0.310. The standard InChI is InChI=1S/C15H11Cl5O/c1-21-11-6-7-13(17)12(8-11)14(15(18,19)20)9-2-4-10(16)5-3-9/h2-8,14H,1H3. The van der Waals surface area contributed by atoms with Gasteiger partial charge in [-0.3, -0.25) is 0 Å². The molecular formula is C15H11Cl5O. The van der Waals surface area contributed by atoms with Crippen molar-refractivity contribution in [2.45, 2.75) is 9.71 Å². The molecule has 21 heavy (non-hydrogen) atoms. The molecule has 0 N–H and O–H groups in total. The van der Waals surface area contributed by atoms with Crippen LogP contribution in [-0.4, -0.2) is 10.9 Å². The minimum atomic E-state index is -1.57. The lowest BCUT2D eigenvalue weighted by Crippen LogP contribution is -2.19. The van der Waals surface area contributed by atoms with Gasteiger partial charge in [-0.1, -0.05) is 70.1 Å². The van der Waals surface area contributed by atoms with Crippen LogP contribution in [0, 0.1) is 0 Å². The minimum absolute atomic E-state index is 0.502. The molecule has 0 aliphatic carbocycles. The Balaban J connectivity index is 2.58. The summed E-state index contributed by atoms with van der Waals surface area (Å²) in [7, 11) is 1.57. The van der Waals surface area contributed by atoms with E-state index < -0.39 is 9.71 Å². The Morgan fingerprint density at radius 1 is 0.952 bits per heavy atom. The van der Waals surface area contributed by atoms with E-state index in [9.17, 15) is 0 Å². The highest BCUT2D eigenvalue weighted by molar-refractivity contribution is 6.68. The Kier molecular flexibility index (Phi) is 5.56. The van der Waals surface area contributed by atoms with E-state index in [-0.39, 0.29) is 0 Å². The molecule has 0 aromatic heterocycles. The third-order valence-electron chi connectivity index (χ3n) is 3.04. The minimum Gasteiger partial charge on any atom is -0.497 e. The molecule has 0 bridgehead atoms. The van der Waals surface area contributed by atoms with Crippen molar-refractivity contribution in [2.75, 3.05) is 7.11 Å².